The summed E-state index contributed by atoms with van der Waals surface area (Å²) in [5, 5.41) is 8.88. The van der Waals surface area contributed by atoms with E-state index in [9.17, 15) is 8.42 Å². The molecule has 0 bridgehead atoms. The number of nitrogens with one attached hydrogen (secondary N) is 1. The molecule has 0 aliphatic heterocycles. The average Bonchev–Trinajstić information content (AvgIpc) is 2.77. The Morgan fingerprint density at radius 3 is 2.69 bits per heavy atom. The van der Waals surface area contributed by atoms with Gasteiger partial charge in [-0.1, -0.05) is 13.3 Å². The van der Waals surface area contributed by atoms with Gasteiger partial charge in [0.25, 0.3) is 0 Å². The minimum absolute atomic E-state index is 0.146. The Labute approximate surface area is 96.1 Å². The summed E-state index contributed by atoms with van der Waals surface area (Å²) in [6, 6.07) is 1.52. The zero-order valence-corrected chi connectivity index (χ0v) is 10.2. The molecule has 0 radical (unpaired) electrons. The Morgan fingerprint density at radius 2 is 2.19 bits per heavy atom. The standard InChI is InChI=1S/C10H18N2O3S/c1-2-3-6-12(7-8-13)16(14,15)10-4-5-11-9-10/h4-5,9,11,13H,2-3,6-8H2,1H3. The first kappa shape index (κ1) is 13.2. The zero-order valence-electron chi connectivity index (χ0n) is 9.39. The molecule has 5 nitrogen and oxygen atoms in total. The molecule has 16 heavy (non-hydrogen) atoms. The number of hydrogen-bond donors (Lipinski definition) is 2. The quantitative estimate of drug-likeness (QED) is 0.747. The largest absolute Gasteiger partial charge is 0.395 e. The van der Waals surface area contributed by atoms with Gasteiger partial charge >= 0.3 is 0 Å². The van der Waals surface area contributed by atoms with E-state index in [1.165, 1.54) is 16.6 Å². The summed E-state index contributed by atoms with van der Waals surface area (Å²) in [5.74, 6) is 0. The number of aliphatic hydroxyl groups is 1. The van der Waals surface area contributed by atoms with Crippen LogP contribution in [-0.4, -0.2) is 42.5 Å². The van der Waals surface area contributed by atoms with E-state index in [2.05, 4.69) is 4.98 Å². The van der Waals surface area contributed by atoms with E-state index in [0.29, 0.717) is 6.54 Å². The third kappa shape index (κ3) is 3.07. The molecule has 0 spiro atoms. The normalized spacial score (nSPS) is 12.2. The number of H-pyrrole nitrogens is 1. The fraction of sp³-hybridized carbons (Fsp3) is 0.600. The van der Waals surface area contributed by atoms with Crippen molar-refractivity contribution in [1.29, 1.82) is 0 Å². The molecule has 0 unspecified atom stereocenters. The maximum atomic E-state index is 12.1. The molecule has 0 aliphatic carbocycles. The number of aliphatic hydroxyl groups excluding tert-OH is 1. The molecule has 92 valence electrons. The highest BCUT2D eigenvalue weighted by Gasteiger charge is 2.23. The summed E-state index contributed by atoms with van der Waals surface area (Å²) >= 11 is 0. The molecular formula is C10H18N2O3S. The van der Waals surface area contributed by atoms with Crippen molar-refractivity contribution in [2.75, 3.05) is 19.7 Å². The molecule has 0 saturated carbocycles. The molecule has 1 aromatic heterocycles. The number of rotatable bonds is 7. The third-order valence-electron chi connectivity index (χ3n) is 2.32. The van der Waals surface area contributed by atoms with Crippen LogP contribution in [0.2, 0.25) is 0 Å². The van der Waals surface area contributed by atoms with Gasteiger partial charge in [-0.3, -0.25) is 0 Å². The average molecular weight is 246 g/mol. The molecule has 0 aliphatic rings. The van der Waals surface area contributed by atoms with Crippen LogP contribution in [0.3, 0.4) is 0 Å². The van der Waals surface area contributed by atoms with Crippen LogP contribution in [0.4, 0.5) is 0 Å². The monoisotopic (exact) mass is 246 g/mol. The number of hydrogen-bond acceptors (Lipinski definition) is 3. The molecule has 1 rings (SSSR count). The second kappa shape index (κ2) is 6.03. The molecule has 1 aromatic rings. The number of aromatic amines is 1. The van der Waals surface area contributed by atoms with Gasteiger partial charge in [0.1, 0.15) is 0 Å². The van der Waals surface area contributed by atoms with Crippen molar-refractivity contribution in [1.82, 2.24) is 9.29 Å². The molecule has 6 heteroatoms. The maximum Gasteiger partial charge on any atom is 0.244 e. The topological polar surface area (TPSA) is 73.4 Å². The predicted molar refractivity (Wildman–Crippen MR) is 61.5 cm³/mol. The van der Waals surface area contributed by atoms with Crippen LogP contribution in [0.1, 0.15) is 19.8 Å². The van der Waals surface area contributed by atoms with Gasteiger partial charge in [-0.15, -0.1) is 0 Å². The second-order valence-corrected chi connectivity index (χ2v) is 5.47. The fourth-order valence-electron chi connectivity index (χ4n) is 1.42. The number of aromatic nitrogens is 1. The van der Waals surface area contributed by atoms with Crippen LogP contribution in [0.5, 0.6) is 0 Å². The van der Waals surface area contributed by atoms with Gasteiger partial charge in [-0.25, -0.2) is 8.42 Å². The number of sulfonamides is 1. The zero-order chi connectivity index (χ0) is 12.0. The molecule has 0 amide bonds. The molecule has 2 N–H and O–H groups in total. The molecule has 1 heterocycles. The van der Waals surface area contributed by atoms with E-state index in [0.717, 1.165) is 12.8 Å². The predicted octanol–water partition coefficient (Wildman–Crippen LogP) is 0.798. The summed E-state index contributed by atoms with van der Waals surface area (Å²) in [4.78, 5) is 2.97. The van der Waals surface area contributed by atoms with E-state index in [1.807, 2.05) is 6.92 Å². The summed E-state index contributed by atoms with van der Waals surface area (Å²) in [6.07, 6.45) is 4.74. The van der Waals surface area contributed by atoms with Gasteiger partial charge in [0.05, 0.1) is 11.5 Å². The molecule has 0 aromatic carbocycles. The van der Waals surface area contributed by atoms with Crippen molar-refractivity contribution >= 4 is 10.0 Å². The Balaban J connectivity index is 2.84. The Morgan fingerprint density at radius 1 is 1.44 bits per heavy atom. The van der Waals surface area contributed by atoms with Crippen LogP contribution in [0.25, 0.3) is 0 Å². The highest BCUT2D eigenvalue weighted by molar-refractivity contribution is 7.89. The summed E-state index contributed by atoms with van der Waals surface area (Å²) in [5.41, 5.74) is 0. The Hall–Kier alpha value is -0.850. The summed E-state index contributed by atoms with van der Waals surface area (Å²) in [6.45, 7) is 2.44. The van der Waals surface area contributed by atoms with Gasteiger partial charge < -0.3 is 10.1 Å². The lowest BCUT2D eigenvalue weighted by atomic mass is 10.3. The molecular weight excluding hydrogens is 228 g/mol. The summed E-state index contributed by atoms with van der Waals surface area (Å²) in [7, 11) is -3.45. The van der Waals surface area contributed by atoms with Crippen molar-refractivity contribution in [3.05, 3.63) is 18.5 Å². The lowest BCUT2D eigenvalue weighted by Gasteiger charge is -2.20. The SMILES string of the molecule is CCCCN(CCO)S(=O)(=O)c1cc[nH]c1. The van der Waals surface area contributed by atoms with E-state index < -0.39 is 10.0 Å². The molecule has 0 atom stereocenters. The highest BCUT2D eigenvalue weighted by Crippen LogP contribution is 2.14. The van der Waals surface area contributed by atoms with Crippen LogP contribution in [0, 0.1) is 0 Å². The van der Waals surface area contributed by atoms with E-state index >= 15 is 0 Å². The van der Waals surface area contributed by atoms with Crippen molar-refractivity contribution < 1.29 is 13.5 Å². The lowest BCUT2D eigenvalue weighted by molar-refractivity contribution is 0.252. The van der Waals surface area contributed by atoms with Gasteiger partial charge in [0.2, 0.25) is 10.0 Å². The fourth-order valence-corrected chi connectivity index (χ4v) is 2.86. The maximum absolute atomic E-state index is 12.1. The molecule has 0 saturated heterocycles. The van der Waals surface area contributed by atoms with Crippen molar-refractivity contribution in [3.63, 3.8) is 0 Å². The van der Waals surface area contributed by atoms with E-state index in [1.54, 1.807) is 6.20 Å². The van der Waals surface area contributed by atoms with Gasteiger partial charge in [0.15, 0.2) is 0 Å². The van der Waals surface area contributed by atoms with Crippen LogP contribution in [0.15, 0.2) is 23.4 Å². The van der Waals surface area contributed by atoms with E-state index in [4.69, 9.17) is 5.11 Å². The smallest absolute Gasteiger partial charge is 0.244 e. The minimum atomic E-state index is -3.45. The van der Waals surface area contributed by atoms with Crippen molar-refractivity contribution in [2.24, 2.45) is 0 Å². The van der Waals surface area contributed by atoms with Gasteiger partial charge in [0, 0.05) is 25.5 Å². The minimum Gasteiger partial charge on any atom is -0.395 e. The Kier molecular flexibility index (Phi) is 4.98. The second-order valence-electron chi connectivity index (χ2n) is 3.53. The lowest BCUT2D eigenvalue weighted by Crippen LogP contribution is -2.34. The van der Waals surface area contributed by atoms with E-state index in [-0.39, 0.29) is 18.0 Å². The third-order valence-corrected chi connectivity index (χ3v) is 4.21. The summed E-state index contributed by atoms with van der Waals surface area (Å²) < 4.78 is 25.5. The van der Waals surface area contributed by atoms with Crippen LogP contribution < -0.4 is 0 Å². The van der Waals surface area contributed by atoms with Crippen LogP contribution in [-0.2, 0) is 10.0 Å². The van der Waals surface area contributed by atoms with Gasteiger partial charge in [-0.05, 0) is 12.5 Å². The number of nitrogens with zero attached hydrogens (tertiary/aromatic N) is 1. The first-order valence-electron chi connectivity index (χ1n) is 5.36. The molecule has 0 fully saturated rings. The van der Waals surface area contributed by atoms with Crippen molar-refractivity contribution in [2.45, 2.75) is 24.7 Å². The number of unbranched alkanes of at least 4 members (excludes halogenated alkanes) is 1. The Bertz CT molecular complexity index is 386. The first-order valence-corrected chi connectivity index (χ1v) is 6.80. The van der Waals surface area contributed by atoms with Crippen molar-refractivity contribution in [3.8, 4) is 0 Å². The highest BCUT2D eigenvalue weighted by atomic mass is 32.2. The first-order chi connectivity index (χ1) is 7.62. The van der Waals surface area contributed by atoms with Gasteiger partial charge in [-0.2, -0.15) is 4.31 Å². The van der Waals surface area contributed by atoms with Crippen LogP contribution >= 0.6 is 0 Å².